The van der Waals surface area contributed by atoms with Gasteiger partial charge in [0.15, 0.2) is 5.96 Å². The first-order valence-electron chi connectivity index (χ1n) is 6.63. The second-order valence-electron chi connectivity index (χ2n) is 4.31. The molecule has 22 heavy (non-hydrogen) atoms. The predicted molar refractivity (Wildman–Crippen MR) is 97.9 cm³/mol. The third-order valence-corrected chi connectivity index (χ3v) is 3.24. The topological polar surface area (TPSA) is 36.4 Å². The van der Waals surface area contributed by atoms with E-state index < -0.39 is 13.0 Å². The van der Waals surface area contributed by atoms with E-state index in [2.05, 4.69) is 15.6 Å². The van der Waals surface area contributed by atoms with Gasteiger partial charge < -0.3 is 10.6 Å². The average molecular weight is 447 g/mol. The molecule has 1 rings (SSSR count). The van der Waals surface area contributed by atoms with Gasteiger partial charge in [-0.05, 0) is 36.4 Å². The summed E-state index contributed by atoms with van der Waals surface area (Å²) >= 11 is 1.59. The van der Waals surface area contributed by atoms with Crippen LogP contribution in [0.3, 0.4) is 0 Å². The fraction of sp³-hybridized carbons (Fsp3) is 0.500. The summed E-state index contributed by atoms with van der Waals surface area (Å²) in [5.41, 5.74) is 1.76. The summed E-state index contributed by atoms with van der Waals surface area (Å²) in [7, 11) is 0. The molecule has 3 nitrogen and oxygen atoms in total. The number of halogens is 4. The minimum atomic E-state index is -2.44. The summed E-state index contributed by atoms with van der Waals surface area (Å²) in [6.45, 7) is 2.30. The van der Waals surface area contributed by atoms with Crippen molar-refractivity contribution in [2.75, 3.05) is 19.3 Å². The highest BCUT2D eigenvalue weighted by atomic mass is 127. The van der Waals surface area contributed by atoms with E-state index in [9.17, 15) is 13.2 Å². The molecule has 0 heterocycles. The Morgan fingerprint density at radius 1 is 1.27 bits per heavy atom. The fourth-order valence-electron chi connectivity index (χ4n) is 1.72. The third-order valence-electron chi connectivity index (χ3n) is 2.64. The maximum atomic E-state index is 13.2. The Hall–Kier alpha value is -0.640. The smallest absolute Gasteiger partial charge is 0.255 e. The lowest BCUT2D eigenvalue weighted by molar-refractivity contribution is 0.152. The van der Waals surface area contributed by atoms with E-state index >= 15 is 0 Å². The molecule has 1 aromatic carbocycles. The van der Waals surface area contributed by atoms with E-state index in [1.807, 2.05) is 13.2 Å². The lowest BCUT2D eigenvalue weighted by Gasteiger charge is -2.12. The van der Waals surface area contributed by atoms with Crippen LogP contribution in [-0.2, 0) is 12.3 Å². The Bertz CT molecular complexity index is 473. The van der Waals surface area contributed by atoms with Crippen molar-refractivity contribution in [2.45, 2.75) is 25.6 Å². The van der Waals surface area contributed by atoms with Crippen molar-refractivity contribution in [2.24, 2.45) is 4.99 Å². The molecule has 0 atom stereocenters. The Balaban J connectivity index is 0.00000441. The number of hydrogen-bond acceptors (Lipinski definition) is 2. The van der Waals surface area contributed by atoms with E-state index in [0.717, 1.165) is 11.1 Å². The van der Waals surface area contributed by atoms with E-state index in [0.29, 0.717) is 24.8 Å². The standard InChI is InChI=1S/C14H20F3N3S.HI/c1-3-18-14(20-8-13(16)17)19-7-10-4-5-12(15)6-11(10)9-21-2;/h4-6,13H,3,7-9H2,1-2H3,(H2,18,19,20);1H. The van der Waals surface area contributed by atoms with Crippen LogP contribution < -0.4 is 10.6 Å². The molecule has 1 aromatic rings. The summed E-state index contributed by atoms with van der Waals surface area (Å²) < 4.78 is 37.7. The van der Waals surface area contributed by atoms with Crippen LogP contribution in [0.5, 0.6) is 0 Å². The van der Waals surface area contributed by atoms with Crippen LogP contribution in [0, 0.1) is 5.82 Å². The van der Waals surface area contributed by atoms with Crippen molar-refractivity contribution in [3.8, 4) is 0 Å². The SMILES string of the molecule is CCNC(=NCc1ccc(F)cc1CSC)NCC(F)F.I. The van der Waals surface area contributed by atoms with Crippen molar-refractivity contribution in [1.82, 2.24) is 10.6 Å². The quantitative estimate of drug-likeness (QED) is 0.381. The van der Waals surface area contributed by atoms with Crippen molar-refractivity contribution in [3.05, 3.63) is 35.1 Å². The molecule has 0 aliphatic heterocycles. The minimum Gasteiger partial charge on any atom is -0.357 e. The van der Waals surface area contributed by atoms with E-state index in [1.165, 1.54) is 12.1 Å². The molecule has 0 spiro atoms. The molecule has 126 valence electrons. The molecule has 2 N–H and O–H groups in total. The Morgan fingerprint density at radius 3 is 2.59 bits per heavy atom. The highest BCUT2D eigenvalue weighted by molar-refractivity contribution is 14.0. The molecule has 0 unspecified atom stereocenters. The second kappa shape index (κ2) is 11.9. The molecule has 0 aliphatic carbocycles. The predicted octanol–water partition coefficient (Wildman–Crippen LogP) is 3.63. The number of guanidine groups is 1. The van der Waals surface area contributed by atoms with Crippen molar-refractivity contribution >= 4 is 41.7 Å². The zero-order valence-electron chi connectivity index (χ0n) is 12.5. The first-order valence-corrected chi connectivity index (χ1v) is 8.02. The summed E-state index contributed by atoms with van der Waals surface area (Å²) in [6, 6.07) is 4.55. The molecule has 0 radical (unpaired) electrons. The van der Waals surface area contributed by atoms with Gasteiger partial charge in [0.2, 0.25) is 0 Å². The monoisotopic (exact) mass is 447 g/mol. The number of rotatable bonds is 7. The van der Waals surface area contributed by atoms with Gasteiger partial charge in [0, 0.05) is 12.3 Å². The normalized spacial score (nSPS) is 11.3. The van der Waals surface area contributed by atoms with E-state index in [1.54, 1.807) is 17.8 Å². The van der Waals surface area contributed by atoms with Crippen LogP contribution in [0.4, 0.5) is 13.2 Å². The highest BCUT2D eigenvalue weighted by Crippen LogP contribution is 2.17. The van der Waals surface area contributed by atoms with Gasteiger partial charge in [-0.3, -0.25) is 0 Å². The lowest BCUT2D eigenvalue weighted by Crippen LogP contribution is -2.39. The number of benzene rings is 1. The molecule has 0 aromatic heterocycles. The largest absolute Gasteiger partial charge is 0.357 e. The molecular weight excluding hydrogens is 426 g/mol. The van der Waals surface area contributed by atoms with Crippen LogP contribution in [0.25, 0.3) is 0 Å². The van der Waals surface area contributed by atoms with Crippen LogP contribution in [0.15, 0.2) is 23.2 Å². The van der Waals surface area contributed by atoms with E-state index in [-0.39, 0.29) is 29.8 Å². The van der Waals surface area contributed by atoms with Gasteiger partial charge >= 0.3 is 0 Å². The first-order chi connectivity index (χ1) is 10.1. The molecule has 0 fully saturated rings. The molecule has 0 saturated heterocycles. The van der Waals surface area contributed by atoms with Gasteiger partial charge in [0.25, 0.3) is 6.43 Å². The van der Waals surface area contributed by atoms with E-state index in [4.69, 9.17) is 0 Å². The summed E-state index contributed by atoms with van der Waals surface area (Å²) in [6.07, 6.45) is -0.501. The molecule has 0 aliphatic rings. The van der Waals surface area contributed by atoms with Crippen molar-refractivity contribution in [3.63, 3.8) is 0 Å². The van der Waals surface area contributed by atoms with Crippen LogP contribution in [0.1, 0.15) is 18.1 Å². The van der Waals surface area contributed by atoms with Crippen molar-refractivity contribution in [1.29, 1.82) is 0 Å². The van der Waals surface area contributed by atoms with Gasteiger partial charge in [0.05, 0.1) is 13.1 Å². The van der Waals surface area contributed by atoms with Gasteiger partial charge in [0.1, 0.15) is 5.82 Å². The lowest BCUT2D eigenvalue weighted by atomic mass is 10.1. The maximum absolute atomic E-state index is 13.2. The number of hydrogen-bond donors (Lipinski definition) is 2. The van der Waals surface area contributed by atoms with Crippen LogP contribution in [0.2, 0.25) is 0 Å². The third kappa shape index (κ3) is 8.11. The summed E-state index contributed by atoms with van der Waals surface area (Å²) in [5, 5.41) is 5.46. The van der Waals surface area contributed by atoms with Crippen LogP contribution in [-0.4, -0.2) is 31.7 Å². The molecule has 0 bridgehead atoms. The molecular formula is C14H21F3IN3S. The van der Waals surface area contributed by atoms with Gasteiger partial charge in [-0.25, -0.2) is 18.2 Å². The van der Waals surface area contributed by atoms with Gasteiger partial charge in [-0.2, -0.15) is 11.8 Å². The number of aliphatic imine (C=N–C) groups is 1. The Kier molecular flexibility index (Phi) is 11.5. The number of nitrogens with zero attached hydrogens (tertiary/aromatic N) is 1. The highest BCUT2D eigenvalue weighted by Gasteiger charge is 2.06. The minimum absolute atomic E-state index is 0. The first kappa shape index (κ1) is 21.4. The summed E-state index contributed by atoms with van der Waals surface area (Å²) in [5.74, 6) is 0.732. The zero-order valence-corrected chi connectivity index (χ0v) is 15.7. The van der Waals surface area contributed by atoms with Gasteiger partial charge in [-0.1, -0.05) is 6.07 Å². The summed E-state index contributed by atoms with van der Waals surface area (Å²) in [4.78, 5) is 4.26. The van der Waals surface area contributed by atoms with Crippen LogP contribution >= 0.6 is 35.7 Å². The number of nitrogens with one attached hydrogen (secondary N) is 2. The fourth-order valence-corrected chi connectivity index (χ4v) is 2.30. The average Bonchev–Trinajstić information content (AvgIpc) is 2.43. The molecule has 0 amide bonds. The molecule has 8 heteroatoms. The van der Waals surface area contributed by atoms with Crippen molar-refractivity contribution < 1.29 is 13.2 Å². The Morgan fingerprint density at radius 2 is 2.00 bits per heavy atom. The second-order valence-corrected chi connectivity index (χ2v) is 5.18. The molecule has 0 saturated carbocycles. The van der Waals surface area contributed by atoms with Gasteiger partial charge in [-0.15, -0.1) is 24.0 Å². The zero-order chi connectivity index (χ0) is 15.7. The maximum Gasteiger partial charge on any atom is 0.255 e. The number of alkyl halides is 2. The number of thioether (sulfide) groups is 1. The Labute approximate surface area is 150 Å².